The molecule has 10 nitrogen and oxygen atoms in total. The summed E-state index contributed by atoms with van der Waals surface area (Å²) in [5.41, 5.74) is 3.51. The number of carbonyl (C=O) groups is 3. The Morgan fingerprint density at radius 2 is 1.38 bits per heavy atom. The molecular formula is C28H44N2O8S. The van der Waals surface area contributed by atoms with Crippen molar-refractivity contribution >= 4 is 27.9 Å². The molecule has 0 saturated heterocycles. The Labute approximate surface area is 232 Å². The van der Waals surface area contributed by atoms with E-state index in [1.165, 1.54) is 31.4 Å². The van der Waals surface area contributed by atoms with E-state index in [1.54, 1.807) is 20.8 Å². The molecule has 0 amide bonds. The number of nitrogens with one attached hydrogen (secondary N) is 1. The van der Waals surface area contributed by atoms with Crippen LogP contribution in [-0.4, -0.2) is 57.7 Å². The number of carbonyl (C=O) groups excluding carboxylic acids is 3. The molecule has 0 unspecified atom stereocenters. The zero-order valence-electron chi connectivity index (χ0n) is 24.2. The number of ether oxygens (including phenoxy) is 3. The fourth-order valence-electron chi connectivity index (χ4n) is 4.15. The van der Waals surface area contributed by atoms with Crippen LogP contribution in [0.15, 0.2) is 29.2 Å². The maximum absolute atomic E-state index is 12.6. The van der Waals surface area contributed by atoms with Gasteiger partial charge in [0.2, 0.25) is 10.0 Å². The summed E-state index contributed by atoms with van der Waals surface area (Å²) in [5, 5.41) is 0. The molecular weight excluding hydrogens is 524 g/mol. The van der Waals surface area contributed by atoms with Gasteiger partial charge in [0.1, 0.15) is 11.2 Å². The van der Waals surface area contributed by atoms with Gasteiger partial charge in [-0.1, -0.05) is 18.9 Å². The molecule has 0 radical (unpaired) electrons. The van der Waals surface area contributed by atoms with Crippen molar-refractivity contribution in [1.29, 1.82) is 0 Å². The Kier molecular flexibility index (Phi) is 10.4. The molecule has 2 fully saturated rings. The van der Waals surface area contributed by atoms with E-state index in [0.717, 1.165) is 25.7 Å². The number of hydrogen-bond donors (Lipinski definition) is 2. The molecule has 2 aliphatic rings. The monoisotopic (exact) mass is 568 g/mol. The minimum atomic E-state index is -3.88. The third kappa shape index (κ3) is 8.74. The van der Waals surface area contributed by atoms with E-state index in [4.69, 9.17) is 15.2 Å². The highest BCUT2D eigenvalue weighted by atomic mass is 32.2. The van der Waals surface area contributed by atoms with E-state index in [9.17, 15) is 22.8 Å². The Hall–Kier alpha value is -2.50. The van der Waals surface area contributed by atoms with Crippen LogP contribution in [0.25, 0.3) is 0 Å². The molecule has 0 aliphatic heterocycles. The average molecular weight is 569 g/mol. The summed E-state index contributed by atoms with van der Waals surface area (Å²) < 4.78 is 43.0. The first-order valence-corrected chi connectivity index (χ1v) is 14.7. The van der Waals surface area contributed by atoms with Crippen LogP contribution in [-0.2, 0) is 33.8 Å². The van der Waals surface area contributed by atoms with Gasteiger partial charge in [-0.3, -0.25) is 9.59 Å². The third-order valence-electron chi connectivity index (χ3n) is 6.84. The minimum Gasteiger partial charge on any atom is -0.465 e. The lowest BCUT2D eigenvalue weighted by Gasteiger charge is -2.40. The van der Waals surface area contributed by atoms with Gasteiger partial charge >= 0.3 is 17.9 Å². The molecule has 39 heavy (non-hydrogen) atoms. The molecule has 1 aromatic rings. The molecule has 1 aromatic carbocycles. The molecule has 0 spiro atoms. The first-order valence-electron chi connectivity index (χ1n) is 13.2. The second kappa shape index (κ2) is 12.3. The summed E-state index contributed by atoms with van der Waals surface area (Å²) in [6, 6.07) is 5.57. The largest absolute Gasteiger partial charge is 0.465 e. The van der Waals surface area contributed by atoms with E-state index in [0.29, 0.717) is 19.4 Å². The molecule has 0 aromatic heterocycles. The number of hydrogen-bond acceptors (Lipinski definition) is 9. The number of methoxy groups -OCH3 is 1. The van der Waals surface area contributed by atoms with Crippen molar-refractivity contribution in [3.05, 3.63) is 29.8 Å². The van der Waals surface area contributed by atoms with Crippen LogP contribution in [0.2, 0.25) is 0 Å². The third-order valence-corrected chi connectivity index (χ3v) is 8.24. The number of sulfonamides is 1. The van der Waals surface area contributed by atoms with Crippen LogP contribution in [0, 0.1) is 10.8 Å². The van der Waals surface area contributed by atoms with Gasteiger partial charge in [0, 0.05) is 13.1 Å². The Morgan fingerprint density at radius 3 is 1.77 bits per heavy atom. The SMILES string of the molecule is CC(C)(C)OC(=O)C1(CN)CCC1.COC(=O)c1cccc(S(=O)(=O)NCC2(C(=O)OC(C)(C)C)CCC2)c1. The fourth-order valence-corrected chi connectivity index (χ4v) is 5.32. The zero-order chi connectivity index (χ0) is 29.7. The molecule has 2 aliphatic carbocycles. The molecule has 220 valence electrons. The highest BCUT2D eigenvalue weighted by Gasteiger charge is 2.47. The van der Waals surface area contributed by atoms with Crippen molar-refractivity contribution < 1.29 is 37.0 Å². The van der Waals surface area contributed by atoms with Gasteiger partial charge in [-0.15, -0.1) is 0 Å². The number of benzene rings is 1. The standard InChI is InChI=1S/C18H25NO6S.C10H19NO2/c1-17(2,3)25-16(21)18(9-6-10-18)12-19-26(22,23)14-8-5-7-13(11-14)15(20)24-4;1-9(2,3)13-8(12)10(7-11)5-4-6-10/h5,7-8,11,19H,6,9-10,12H2,1-4H3;4-7,11H2,1-3H3. The van der Waals surface area contributed by atoms with Crippen molar-refractivity contribution in [2.75, 3.05) is 20.2 Å². The van der Waals surface area contributed by atoms with Crippen molar-refractivity contribution in [3.63, 3.8) is 0 Å². The van der Waals surface area contributed by atoms with Crippen LogP contribution >= 0.6 is 0 Å². The quantitative estimate of drug-likeness (QED) is 0.353. The molecule has 3 N–H and O–H groups in total. The normalized spacial score (nSPS) is 17.8. The number of nitrogens with two attached hydrogens (primary N) is 1. The maximum Gasteiger partial charge on any atom is 0.337 e. The fraction of sp³-hybridized carbons (Fsp3) is 0.679. The summed E-state index contributed by atoms with van der Waals surface area (Å²) in [6.45, 7) is 11.4. The Morgan fingerprint density at radius 1 is 0.897 bits per heavy atom. The van der Waals surface area contributed by atoms with Crippen LogP contribution in [0.5, 0.6) is 0 Å². The number of esters is 3. The van der Waals surface area contributed by atoms with Crippen molar-refractivity contribution in [3.8, 4) is 0 Å². The molecule has 0 heterocycles. The van der Waals surface area contributed by atoms with Crippen molar-refractivity contribution in [1.82, 2.24) is 4.72 Å². The average Bonchev–Trinajstić information content (AvgIpc) is 2.75. The second-order valence-electron chi connectivity index (χ2n) is 12.3. The van der Waals surface area contributed by atoms with Crippen LogP contribution in [0.1, 0.15) is 90.4 Å². The van der Waals surface area contributed by atoms with E-state index >= 15 is 0 Å². The first-order chi connectivity index (χ1) is 17.9. The van der Waals surface area contributed by atoms with Gasteiger partial charge in [-0.25, -0.2) is 17.9 Å². The van der Waals surface area contributed by atoms with Crippen LogP contribution in [0.4, 0.5) is 0 Å². The van der Waals surface area contributed by atoms with Crippen LogP contribution < -0.4 is 10.5 Å². The van der Waals surface area contributed by atoms with Crippen molar-refractivity contribution in [2.45, 2.75) is 96.2 Å². The van der Waals surface area contributed by atoms with Gasteiger partial charge in [0.15, 0.2) is 0 Å². The molecule has 2 saturated carbocycles. The Balaban J connectivity index is 0.000000344. The van der Waals surface area contributed by atoms with E-state index in [1.807, 2.05) is 20.8 Å². The predicted molar refractivity (Wildman–Crippen MR) is 146 cm³/mol. The summed E-state index contributed by atoms with van der Waals surface area (Å²) in [4.78, 5) is 35.7. The molecule has 0 bridgehead atoms. The lowest BCUT2D eigenvalue weighted by molar-refractivity contribution is -0.173. The summed E-state index contributed by atoms with van der Waals surface area (Å²) >= 11 is 0. The first kappa shape index (κ1) is 32.7. The van der Waals surface area contributed by atoms with E-state index in [2.05, 4.69) is 9.46 Å². The highest BCUT2D eigenvalue weighted by molar-refractivity contribution is 7.89. The molecule has 11 heteroatoms. The van der Waals surface area contributed by atoms with Gasteiger partial charge in [0.05, 0.1) is 28.4 Å². The van der Waals surface area contributed by atoms with E-state index in [-0.39, 0.29) is 34.4 Å². The van der Waals surface area contributed by atoms with Gasteiger partial charge in [-0.2, -0.15) is 0 Å². The minimum absolute atomic E-state index is 0.0350. The van der Waals surface area contributed by atoms with E-state index < -0.39 is 32.6 Å². The lowest BCUT2D eigenvalue weighted by atomic mass is 9.69. The molecule has 3 rings (SSSR count). The summed E-state index contributed by atoms with van der Waals surface area (Å²) in [6.07, 6.45) is 4.87. The summed E-state index contributed by atoms with van der Waals surface area (Å²) in [7, 11) is -2.65. The predicted octanol–water partition coefficient (Wildman–Crippen LogP) is 3.72. The summed E-state index contributed by atoms with van der Waals surface area (Å²) in [5.74, 6) is -1.12. The van der Waals surface area contributed by atoms with Gasteiger partial charge in [-0.05, 0) is 85.4 Å². The number of rotatable bonds is 8. The van der Waals surface area contributed by atoms with Crippen molar-refractivity contribution in [2.24, 2.45) is 16.6 Å². The van der Waals surface area contributed by atoms with Gasteiger partial charge < -0.3 is 19.9 Å². The highest BCUT2D eigenvalue weighted by Crippen LogP contribution is 2.43. The smallest absolute Gasteiger partial charge is 0.337 e. The maximum atomic E-state index is 12.6. The van der Waals surface area contributed by atoms with Gasteiger partial charge in [0.25, 0.3) is 0 Å². The van der Waals surface area contributed by atoms with Crippen LogP contribution in [0.3, 0.4) is 0 Å². The topological polar surface area (TPSA) is 151 Å². The second-order valence-corrected chi connectivity index (χ2v) is 14.1. The lowest BCUT2D eigenvalue weighted by Crippen LogP contribution is -2.50. The zero-order valence-corrected chi connectivity index (χ0v) is 25.0. The molecule has 0 atom stereocenters. The Bertz CT molecular complexity index is 1140.